The number of unbranched alkanes of at least 4 members (excludes halogenated alkanes) is 10. The van der Waals surface area contributed by atoms with Gasteiger partial charge in [0.05, 0.1) is 0 Å². The van der Waals surface area contributed by atoms with Crippen LogP contribution in [-0.2, 0) is 0 Å². The van der Waals surface area contributed by atoms with Crippen molar-refractivity contribution in [2.45, 2.75) is 117 Å². The topological polar surface area (TPSA) is 0 Å². The Balaban J connectivity index is 3.83. The second kappa shape index (κ2) is 17.9. The minimum absolute atomic E-state index is 0.866. The normalized spacial score (nSPS) is 11.4. The smallest absolute Gasteiger partial charge is 0.119 e. The molecule has 0 aromatic carbocycles. The first-order chi connectivity index (χ1) is 10.3. The van der Waals surface area contributed by atoms with E-state index in [4.69, 9.17) is 0 Å². The first kappa shape index (κ1) is 20.8. The molecule has 0 amide bonds. The van der Waals surface area contributed by atoms with Crippen molar-refractivity contribution in [3.63, 3.8) is 0 Å². The van der Waals surface area contributed by atoms with Crippen LogP contribution in [0.3, 0.4) is 0 Å². The van der Waals surface area contributed by atoms with Crippen molar-refractivity contribution < 1.29 is 0 Å². The molecule has 0 radical (unpaired) electrons. The van der Waals surface area contributed by atoms with Gasteiger partial charge in [0.1, 0.15) is 0 Å². The quantitative estimate of drug-likeness (QED) is 0.202. The Labute approximate surface area is 136 Å². The second-order valence-corrected chi connectivity index (χ2v) is 6.74. The van der Waals surface area contributed by atoms with Crippen LogP contribution in [0.15, 0.2) is 12.1 Å². The van der Waals surface area contributed by atoms with Crippen LogP contribution in [0.2, 0.25) is 12.6 Å². The molecule has 0 aliphatic carbocycles. The average Bonchev–Trinajstić information content (AvgIpc) is 2.50. The van der Waals surface area contributed by atoms with Crippen molar-refractivity contribution in [3.8, 4) is 0 Å². The number of allylic oxidation sites excluding steroid dienone is 1. The molecule has 0 aromatic rings. The molecule has 0 heterocycles. The van der Waals surface area contributed by atoms with E-state index in [9.17, 15) is 0 Å². The maximum atomic E-state index is 2.56. The molecule has 0 atom stereocenters. The molecule has 0 N–H and O–H groups in total. The number of hydrogen-bond acceptors (Lipinski definition) is 0. The van der Waals surface area contributed by atoms with E-state index in [2.05, 4.69) is 32.8 Å². The summed E-state index contributed by atoms with van der Waals surface area (Å²) in [5.74, 6) is 2.56. The van der Waals surface area contributed by atoms with Crippen molar-refractivity contribution in [2.75, 3.05) is 0 Å². The summed E-state index contributed by atoms with van der Waals surface area (Å²) < 4.78 is 0. The molecular formula is C20H41B. The van der Waals surface area contributed by atoms with Gasteiger partial charge in [-0.1, -0.05) is 110 Å². The van der Waals surface area contributed by atoms with Gasteiger partial charge >= 0.3 is 0 Å². The van der Waals surface area contributed by atoms with Crippen LogP contribution < -0.4 is 0 Å². The van der Waals surface area contributed by atoms with Gasteiger partial charge in [-0.3, -0.25) is 0 Å². The average molecular weight is 292 g/mol. The third-order valence-corrected chi connectivity index (χ3v) is 4.49. The molecule has 0 spiro atoms. The predicted octanol–water partition coefficient (Wildman–Crippen LogP) is 7.71. The van der Waals surface area contributed by atoms with E-state index in [-0.39, 0.29) is 0 Å². The molecule has 0 rings (SSSR count). The van der Waals surface area contributed by atoms with E-state index in [1.165, 1.54) is 96.1 Å². The highest BCUT2D eigenvalue weighted by molar-refractivity contribution is 6.64. The molecule has 21 heavy (non-hydrogen) atoms. The van der Waals surface area contributed by atoms with Crippen LogP contribution in [0, 0.1) is 0 Å². The maximum Gasteiger partial charge on any atom is 0.166 e. The lowest BCUT2D eigenvalue weighted by Crippen LogP contribution is -2.09. The highest BCUT2D eigenvalue weighted by atomic mass is 13.9. The molecule has 1 heteroatoms. The highest BCUT2D eigenvalue weighted by Gasteiger charge is 2.08. The molecule has 0 fully saturated rings. The van der Waals surface area contributed by atoms with Gasteiger partial charge in [-0.2, -0.15) is 0 Å². The summed E-state index contributed by atoms with van der Waals surface area (Å²) in [5, 5.41) is 0. The third-order valence-electron chi connectivity index (χ3n) is 4.49. The fourth-order valence-corrected chi connectivity index (χ4v) is 2.98. The highest BCUT2D eigenvalue weighted by Crippen LogP contribution is 2.15. The van der Waals surface area contributed by atoms with Crippen LogP contribution in [0.25, 0.3) is 0 Å². The molecule has 0 aliphatic heterocycles. The Morgan fingerprint density at radius 1 is 0.571 bits per heavy atom. The second-order valence-electron chi connectivity index (χ2n) is 6.74. The third kappa shape index (κ3) is 16.0. The van der Waals surface area contributed by atoms with Crippen LogP contribution in [0.4, 0.5) is 0 Å². The van der Waals surface area contributed by atoms with Crippen molar-refractivity contribution >= 4 is 6.71 Å². The van der Waals surface area contributed by atoms with Crippen LogP contribution in [-0.4, -0.2) is 6.71 Å². The molecule has 124 valence electrons. The Kier molecular flexibility index (Phi) is 17.7. The van der Waals surface area contributed by atoms with E-state index in [1.54, 1.807) is 0 Å². The minimum atomic E-state index is 0.866. The molecule has 0 bridgehead atoms. The van der Waals surface area contributed by atoms with Crippen LogP contribution in [0.5, 0.6) is 0 Å². The monoisotopic (exact) mass is 292 g/mol. The molecule has 0 saturated heterocycles. The van der Waals surface area contributed by atoms with E-state index >= 15 is 0 Å². The molecule has 0 saturated carbocycles. The Morgan fingerprint density at radius 3 is 1.52 bits per heavy atom. The van der Waals surface area contributed by atoms with Gasteiger partial charge in [0.25, 0.3) is 0 Å². The molecule has 0 unspecified atom stereocenters. The SMILES string of the molecule is CCCCCCC=CB(CCCCCC)CCCCCC. The summed E-state index contributed by atoms with van der Waals surface area (Å²) in [6.45, 7) is 7.76. The molecule has 0 aliphatic rings. The molecular weight excluding hydrogens is 251 g/mol. The summed E-state index contributed by atoms with van der Waals surface area (Å²) in [6.07, 6.45) is 23.5. The van der Waals surface area contributed by atoms with E-state index in [0.29, 0.717) is 0 Å². The zero-order chi connectivity index (χ0) is 15.6. The van der Waals surface area contributed by atoms with Gasteiger partial charge in [-0.15, -0.1) is 5.98 Å². The summed E-state index contributed by atoms with van der Waals surface area (Å²) in [7, 11) is 0. The van der Waals surface area contributed by atoms with Gasteiger partial charge in [0, 0.05) is 0 Å². The fourth-order valence-electron chi connectivity index (χ4n) is 2.98. The zero-order valence-corrected chi connectivity index (χ0v) is 15.3. The summed E-state index contributed by atoms with van der Waals surface area (Å²) >= 11 is 0. The Hall–Kier alpha value is -0.195. The van der Waals surface area contributed by atoms with Crippen molar-refractivity contribution in [1.29, 1.82) is 0 Å². The van der Waals surface area contributed by atoms with Crippen LogP contribution >= 0.6 is 0 Å². The Bertz CT molecular complexity index is 198. The lowest BCUT2D eigenvalue weighted by atomic mass is 9.43. The summed E-state index contributed by atoms with van der Waals surface area (Å²) in [4.78, 5) is 0. The van der Waals surface area contributed by atoms with Gasteiger partial charge in [0.2, 0.25) is 0 Å². The van der Waals surface area contributed by atoms with Gasteiger partial charge in [-0.25, -0.2) is 0 Å². The van der Waals surface area contributed by atoms with Crippen LogP contribution in [0.1, 0.15) is 104 Å². The zero-order valence-electron chi connectivity index (χ0n) is 15.3. The first-order valence-corrected chi connectivity index (χ1v) is 10.0. The summed E-state index contributed by atoms with van der Waals surface area (Å²) in [6, 6.07) is 0. The lowest BCUT2D eigenvalue weighted by Gasteiger charge is -2.09. The molecule has 0 aromatic heterocycles. The van der Waals surface area contributed by atoms with Gasteiger partial charge < -0.3 is 0 Å². The first-order valence-electron chi connectivity index (χ1n) is 10.0. The van der Waals surface area contributed by atoms with Crippen molar-refractivity contribution in [3.05, 3.63) is 12.1 Å². The fraction of sp³-hybridized carbons (Fsp3) is 0.900. The summed E-state index contributed by atoms with van der Waals surface area (Å²) in [5.41, 5.74) is 0. The number of rotatable bonds is 16. The molecule has 0 nitrogen and oxygen atoms in total. The number of hydrogen-bond donors (Lipinski definition) is 0. The largest absolute Gasteiger partial charge is 0.166 e. The van der Waals surface area contributed by atoms with E-state index < -0.39 is 0 Å². The predicted molar refractivity (Wildman–Crippen MR) is 102 cm³/mol. The Morgan fingerprint density at radius 2 is 1.05 bits per heavy atom. The minimum Gasteiger partial charge on any atom is -0.119 e. The van der Waals surface area contributed by atoms with Gasteiger partial charge in [-0.05, 0) is 12.8 Å². The van der Waals surface area contributed by atoms with Gasteiger partial charge in [0.15, 0.2) is 6.71 Å². The lowest BCUT2D eigenvalue weighted by molar-refractivity contribution is 0.674. The van der Waals surface area contributed by atoms with E-state index in [1.807, 2.05) is 0 Å². The van der Waals surface area contributed by atoms with Crippen molar-refractivity contribution in [2.24, 2.45) is 0 Å². The van der Waals surface area contributed by atoms with Crippen molar-refractivity contribution in [1.82, 2.24) is 0 Å². The standard InChI is InChI=1S/C20H41B/c1-4-7-10-13-14-17-20-21(18-15-11-8-5-2)19-16-12-9-6-3/h17,20H,4-16,18-19H2,1-3H3. The van der Waals surface area contributed by atoms with E-state index in [0.717, 1.165) is 6.71 Å². The maximum absolute atomic E-state index is 2.56.